The molecule has 9 unspecified atom stereocenters. The zero-order valence-corrected chi connectivity index (χ0v) is 50.2. The van der Waals surface area contributed by atoms with Gasteiger partial charge in [-0.05, 0) is 64.2 Å². The smallest absolute Gasteiger partial charge is 0.249 e. The summed E-state index contributed by atoms with van der Waals surface area (Å²) in [6, 6.07) is -1.19. The Bertz CT molecular complexity index is 1300. The molecule has 1 saturated heterocycles. The van der Waals surface area contributed by atoms with Crippen LogP contribution in [-0.4, -0.2) is 110 Å². The van der Waals surface area contributed by atoms with Gasteiger partial charge in [-0.25, -0.2) is 0 Å². The van der Waals surface area contributed by atoms with Crippen molar-refractivity contribution in [2.24, 2.45) is 0 Å². The van der Waals surface area contributed by atoms with Gasteiger partial charge in [-0.2, -0.15) is 0 Å². The Morgan fingerprint density at radius 1 is 0.442 bits per heavy atom. The van der Waals surface area contributed by atoms with Gasteiger partial charge in [0.05, 0.1) is 25.4 Å². The number of ether oxygens (including phenoxy) is 2. The number of nitrogens with one attached hydrogen (secondary N) is 1. The number of amides is 1. The van der Waals surface area contributed by atoms with Crippen molar-refractivity contribution in [2.75, 3.05) is 13.2 Å². The minimum absolute atomic E-state index is 0.248. The van der Waals surface area contributed by atoms with E-state index in [0.29, 0.717) is 12.8 Å². The number of rotatable bonds is 58. The third kappa shape index (κ3) is 43.0. The maximum absolute atomic E-state index is 13.2. The summed E-state index contributed by atoms with van der Waals surface area (Å²) >= 11 is 0. The molecule has 0 bridgehead atoms. The number of aliphatic hydroxyl groups is 7. The van der Waals surface area contributed by atoms with Crippen LogP contribution in [0.2, 0.25) is 0 Å². The first-order valence-corrected chi connectivity index (χ1v) is 33.2. The summed E-state index contributed by atoms with van der Waals surface area (Å²) in [5.41, 5.74) is 0. The van der Waals surface area contributed by atoms with E-state index in [1.165, 1.54) is 225 Å². The molecule has 1 heterocycles. The average molecular weight is 1090 g/mol. The Kier molecular flexibility index (Phi) is 52.7. The van der Waals surface area contributed by atoms with Crippen molar-refractivity contribution in [1.82, 2.24) is 5.32 Å². The van der Waals surface area contributed by atoms with Gasteiger partial charge in [0.15, 0.2) is 6.29 Å². The Balaban J connectivity index is 2.23. The van der Waals surface area contributed by atoms with Crippen molar-refractivity contribution >= 4 is 5.91 Å². The van der Waals surface area contributed by atoms with Gasteiger partial charge in [-0.1, -0.05) is 282 Å². The van der Waals surface area contributed by atoms with Crippen molar-refractivity contribution in [3.8, 4) is 0 Å². The lowest BCUT2D eigenvalue weighted by Crippen LogP contribution is -2.60. The summed E-state index contributed by atoms with van der Waals surface area (Å²) in [7, 11) is 0. The topological polar surface area (TPSA) is 189 Å². The lowest BCUT2D eigenvalue weighted by Gasteiger charge is -2.40. The van der Waals surface area contributed by atoms with Crippen LogP contribution < -0.4 is 5.32 Å². The van der Waals surface area contributed by atoms with E-state index in [-0.39, 0.29) is 12.8 Å². The SMILES string of the molecule is CCCCCCCCCCC/C=C\CCCCCCCCC(O)C(=O)NC(COC1OC(CO)C(O)C(O)C1O)C(O)C(O)CCC/C=C/CCCCCCCCCCCCCCCCCCCCCCCCCCCC. The summed E-state index contributed by atoms with van der Waals surface area (Å²) in [4.78, 5) is 13.2. The fraction of sp³-hybridized carbons (Fsp3) is 0.924. The molecular formula is C66H127NO10. The largest absolute Gasteiger partial charge is 0.394 e. The lowest BCUT2D eigenvalue weighted by molar-refractivity contribution is -0.303. The van der Waals surface area contributed by atoms with Gasteiger partial charge in [0.1, 0.15) is 36.6 Å². The van der Waals surface area contributed by atoms with E-state index >= 15 is 0 Å². The van der Waals surface area contributed by atoms with Crippen molar-refractivity contribution in [3.05, 3.63) is 24.3 Å². The highest BCUT2D eigenvalue weighted by atomic mass is 16.7. The summed E-state index contributed by atoms with van der Waals surface area (Å²) in [5, 5.41) is 76.3. The van der Waals surface area contributed by atoms with Crippen molar-refractivity contribution in [2.45, 2.75) is 377 Å². The van der Waals surface area contributed by atoms with E-state index < -0.39 is 74.2 Å². The molecule has 1 fully saturated rings. The molecule has 0 aromatic rings. The molecule has 1 aliphatic rings. The predicted molar refractivity (Wildman–Crippen MR) is 321 cm³/mol. The van der Waals surface area contributed by atoms with E-state index in [1.807, 2.05) is 0 Å². The van der Waals surface area contributed by atoms with Crippen LogP contribution in [0.1, 0.15) is 322 Å². The third-order valence-electron chi connectivity index (χ3n) is 16.2. The molecule has 8 N–H and O–H groups in total. The van der Waals surface area contributed by atoms with Gasteiger partial charge in [-0.15, -0.1) is 0 Å². The van der Waals surface area contributed by atoms with Gasteiger partial charge in [-0.3, -0.25) is 4.79 Å². The minimum Gasteiger partial charge on any atom is -0.394 e. The molecule has 456 valence electrons. The van der Waals surface area contributed by atoms with Gasteiger partial charge >= 0.3 is 0 Å². The maximum Gasteiger partial charge on any atom is 0.249 e. The monoisotopic (exact) mass is 1090 g/mol. The van der Waals surface area contributed by atoms with Gasteiger partial charge in [0.2, 0.25) is 5.91 Å². The average Bonchev–Trinajstić information content (AvgIpc) is 3.43. The van der Waals surface area contributed by atoms with Gasteiger partial charge in [0.25, 0.3) is 0 Å². The molecule has 0 saturated carbocycles. The standard InChI is InChI=1S/C66H127NO10/c1-3-5-7-9-11-13-15-17-19-21-23-24-25-26-27-28-29-30-31-32-33-34-36-37-39-41-43-45-47-49-51-53-58(69)61(71)57(56-76-66-64(74)63(73)62(72)60(55-68)77-66)67-65(75)59(70)54-52-50-48-46-44-42-40-38-35-22-20-18-16-14-12-10-8-6-4-2/h35,38,45,47,57-64,66,68-74H,3-34,36-37,39-44,46,48-56H2,1-2H3,(H,67,75)/b38-35-,47-45+. The van der Waals surface area contributed by atoms with Crippen molar-refractivity contribution in [3.63, 3.8) is 0 Å². The second kappa shape index (κ2) is 55.1. The van der Waals surface area contributed by atoms with Crippen LogP contribution in [0, 0.1) is 0 Å². The van der Waals surface area contributed by atoms with Crippen molar-refractivity contribution < 1.29 is 50.0 Å². The molecule has 0 aromatic carbocycles. The second-order valence-corrected chi connectivity index (χ2v) is 23.5. The number of unbranched alkanes of at least 4 members (excludes halogenated alkanes) is 42. The highest BCUT2D eigenvalue weighted by molar-refractivity contribution is 5.80. The molecule has 11 nitrogen and oxygen atoms in total. The summed E-state index contributed by atoms with van der Waals surface area (Å²) in [6.07, 6.45) is 56.9. The first-order chi connectivity index (χ1) is 37.7. The first kappa shape index (κ1) is 73.6. The van der Waals surface area contributed by atoms with Crippen LogP contribution >= 0.6 is 0 Å². The summed E-state index contributed by atoms with van der Waals surface area (Å²) in [6.45, 7) is 3.48. The number of hydrogen-bond acceptors (Lipinski definition) is 10. The number of carbonyl (C=O) groups is 1. The Hall–Kier alpha value is -1.41. The summed E-state index contributed by atoms with van der Waals surface area (Å²) < 4.78 is 11.2. The number of carbonyl (C=O) groups excluding carboxylic acids is 1. The highest BCUT2D eigenvalue weighted by Gasteiger charge is 2.44. The highest BCUT2D eigenvalue weighted by Crippen LogP contribution is 2.24. The Labute approximate surface area is 474 Å². The fourth-order valence-corrected chi connectivity index (χ4v) is 10.9. The van der Waals surface area contributed by atoms with Crippen LogP contribution in [0.3, 0.4) is 0 Å². The van der Waals surface area contributed by atoms with E-state index in [1.54, 1.807) is 0 Å². The predicted octanol–water partition coefficient (Wildman–Crippen LogP) is 15.2. The molecule has 1 aliphatic heterocycles. The molecule has 0 spiro atoms. The second-order valence-electron chi connectivity index (χ2n) is 23.5. The molecule has 1 rings (SSSR count). The zero-order valence-electron chi connectivity index (χ0n) is 50.2. The maximum atomic E-state index is 13.2. The lowest BCUT2D eigenvalue weighted by atomic mass is 9.98. The van der Waals surface area contributed by atoms with Crippen LogP contribution in [0.15, 0.2) is 24.3 Å². The normalized spacial score (nSPS) is 19.6. The molecule has 77 heavy (non-hydrogen) atoms. The molecular weight excluding hydrogens is 967 g/mol. The molecule has 0 aromatic heterocycles. The Morgan fingerprint density at radius 3 is 1.12 bits per heavy atom. The van der Waals surface area contributed by atoms with Crippen molar-refractivity contribution in [1.29, 1.82) is 0 Å². The molecule has 0 radical (unpaired) electrons. The fourth-order valence-electron chi connectivity index (χ4n) is 10.9. The van der Waals surface area contributed by atoms with E-state index in [0.717, 1.165) is 57.8 Å². The zero-order chi connectivity index (χ0) is 56.1. The molecule has 11 heteroatoms. The molecule has 1 amide bonds. The first-order valence-electron chi connectivity index (χ1n) is 33.2. The van der Waals surface area contributed by atoms with Crippen LogP contribution in [0.4, 0.5) is 0 Å². The van der Waals surface area contributed by atoms with E-state index in [9.17, 15) is 40.5 Å². The Morgan fingerprint density at radius 2 is 0.766 bits per heavy atom. The van der Waals surface area contributed by atoms with Gasteiger partial charge < -0.3 is 50.5 Å². The molecule has 0 aliphatic carbocycles. The van der Waals surface area contributed by atoms with Crippen LogP contribution in [0.5, 0.6) is 0 Å². The number of allylic oxidation sites excluding steroid dienone is 4. The van der Waals surface area contributed by atoms with Crippen LogP contribution in [0.25, 0.3) is 0 Å². The quantitative estimate of drug-likeness (QED) is 0.0215. The van der Waals surface area contributed by atoms with E-state index in [4.69, 9.17) is 9.47 Å². The summed E-state index contributed by atoms with van der Waals surface area (Å²) in [5.74, 6) is -0.707. The number of aliphatic hydroxyl groups excluding tert-OH is 7. The minimum atomic E-state index is -1.67. The van der Waals surface area contributed by atoms with E-state index in [2.05, 4.69) is 43.5 Å². The number of hydrogen-bond donors (Lipinski definition) is 8. The third-order valence-corrected chi connectivity index (χ3v) is 16.2. The molecule has 9 atom stereocenters. The van der Waals surface area contributed by atoms with Crippen LogP contribution in [-0.2, 0) is 14.3 Å². The van der Waals surface area contributed by atoms with Gasteiger partial charge in [0, 0.05) is 0 Å².